The van der Waals surface area contributed by atoms with Gasteiger partial charge in [-0.15, -0.1) is 0 Å². The van der Waals surface area contributed by atoms with Crippen LogP contribution in [-0.4, -0.2) is 49.9 Å². The van der Waals surface area contributed by atoms with Crippen molar-refractivity contribution < 1.29 is 22.3 Å². The van der Waals surface area contributed by atoms with E-state index in [-0.39, 0.29) is 10.8 Å². The minimum atomic E-state index is -3.65. The van der Waals surface area contributed by atoms with E-state index in [1.807, 2.05) is 30.3 Å². The molecule has 7 nitrogen and oxygen atoms in total. The molecule has 3 aromatic rings. The summed E-state index contributed by atoms with van der Waals surface area (Å²) >= 11 is 1.20. The van der Waals surface area contributed by atoms with Crippen LogP contribution in [0, 0.1) is 5.82 Å². The summed E-state index contributed by atoms with van der Waals surface area (Å²) in [6.45, 7) is 1.34. The van der Waals surface area contributed by atoms with Crippen molar-refractivity contribution in [2.45, 2.75) is 15.2 Å². The molecule has 172 valence electrons. The highest BCUT2D eigenvalue weighted by molar-refractivity contribution is 8.00. The van der Waals surface area contributed by atoms with E-state index in [1.165, 1.54) is 52.6 Å². The Kier molecular flexibility index (Phi) is 7.39. The zero-order valence-electron chi connectivity index (χ0n) is 17.6. The molecule has 1 saturated heterocycles. The predicted molar refractivity (Wildman–Crippen MR) is 124 cm³/mol. The molecule has 1 aliphatic rings. The number of anilines is 1. The van der Waals surface area contributed by atoms with Crippen LogP contribution in [0.25, 0.3) is 0 Å². The van der Waals surface area contributed by atoms with Gasteiger partial charge in [-0.1, -0.05) is 42.1 Å². The van der Waals surface area contributed by atoms with E-state index < -0.39 is 21.1 Å². The van der Waals surface area contributed by atoms with Crippen LogP contribution in [0.3, 0.4) is 0 Å². The molecule has 1 N–H and O–H groups in total. The number of benzene rings is 2. The molecule has 1 aliphatic heterocycles. The van der Waals surface area contributed by atoms with Gasteiger partial charge >= 0.3 is 0 Å². The first-order chi connectivity index (χ1) is 15.9. The number of hydrogen-bond acceptors (Lipinski definition) is 6. The SMILES string of the molecule is O=C(Nc1ccc(F)cc1)[C@H](Sc1ccc(S(=O)(=O)N2CCOCC2)cn1)c1ccccc1. The monoisotopic (exact) mass is 487 g/mol. The molecule has 2 aromatic carbocycles. The standard InChI is InChI=1S/C23H22FN3O4S2/c24-18-6-8-19(9-7-18)26-23(28)22(17-4-2-1-3-5-17)32-21-11-10-20(16-25-21)33(29,30)27-12-14-31-15-13-27/h1-11,16,22H,12-15H2,(H,26,28)/t22-/m1/s1. The van der Waals surface area contributed by atoms with Gasteiger partial charge in [-0.05, 0) is 42.0 Å². The van der Waals surface area contributed by atoms with Gasteiger partial charge < -0.3 is 10.1 Å². The first-order valence-electron chi connectivity index (χ1n) is 10.3. The van der Waals surface area contributed by atoms with Gasteiger partial charge in [0.05, 0.1) is 18.2 Å². The van der Waals surface area contributed by atoms with Crippen LogP contribution in [0.4, 0.5) is 10.1 Å². The quantitative estimate of drug-likeness (QED) is 0.511. The Morgan fingerprint density at radius 3 is 2.36 bits per heavy atom. The van der Waals surface area contributed by atoms with E-state index in [0.717, 1.165) is 5.56 Å². The molecule has 1 fully saturated rings. The summed E-state index contributed by atoms with van der Waals surface area (Å²) < 4.78 is 45.4. The maximum absolute atomic E-state index is 13.2. The summed E-state index contributed by atoms with van der Waals surface area (Å²) in [5.41, 5.74) is 1.23. The van der Waals surface area contributed by atoms with Crippen LogP contribution in [0.1, 0.15) is 10.8 Å². The number of carbonyl (C=O) groups excluding carboxylic acids is 1. The van der Waals surface area contributed by atoms with Crippen LogP contribution in [-0.2, 0) is 19.6 Å². The third-order valence-corrected chi connectivity index (χ3v) is 8.09. The van der Waals surface area contributed by atoms with Crippen molar-refractivity contribution >= 4 is 33.4 Å². The zero-order valence-corrected chi connectivity index (χ0v) is 19.2. The average molecular weight is 488 g/mol. The number of pyridine rings is 1. The van der Waals surface area contributed by atoms with Crippen molar-refractivity contribution in [3.8, 4) is 0 Å². The second-order valence-corrected chi connectivity index (χ2v) is 10.3. The Morgan fingerprint density at radius 2 is 1.73 bits per heavy atom. The minimum Gasteiger partial charge on any atom is -0.379 e. The number of rotatable bonds is 7. The molecule has 10 heteroatoms. The van der Waals surface area contributed by atoms with Crippen LogP contribution in [0.5, 0.6) is 0 Å². The highest BCUT2D eigenvalue weighted by Gasteiger charge is 2.27. The first kappa shape index (κ1) is 23.4. The lowest BCUT2D eigenvalue weighted by atomic mass is 10.1. The molecule has 0 spiro atoms. The molecule has 2 heterocycles. The Bertz CT molecular complexity index is 1180. The van der Waals surface area contributed by atoms with Crippen molar-refractivity contribution in [1.82, 2.24) is 9.29 Å². The van der Waals surface area contributed by atoms with E-state index in [4.69, 9.17) is 4.74 Å². The van der Waals surface area contributed by atoms with Crippen molar-refractivity contribution in [2.24, 2.45) is 0 Å². The summed E-state index contributed by atoms with van der Waals surface area (Å²) in [4.78, 5) is 17.5. The fraction of sp³-hybridized carbons (Fsp3) is 0.217. The molecule has 1 aromatic heterocycles. The number of nitrogens with one attached hydrogen (secondary N) is 1. The minimum absolute atomic E-state index is 0.0979. The Morgan fingerprint density at radius 1 is 1.03 bits per heavy atom. The van der Waals surface area contributed by atoms with E-state index in [0.29, 0.717) is 37.0 Å². The molecular weight excluding hydrogens is 465 g/mol. The van der Waals surface area contributed by atoms with Crippen LogP contribution >= 0.6 is 11.8 Å². The van der Waals surface area contributed by atoms with E-state index in [2.05, 4.69) is 10.3 Å². The average Bonchev–Trinajstić information content (AvgIpc) is 2.85. The fourth-order valence-electron chi connectivity index (χ4n) is 3.29. The number of hydrogen-bond donors (Lipinski definition) is 1. The number of thioether (sulfide) groups is 1. The Hall–Kier alpha value is -2.79. The molecule has 33 heavy (non-hydrogen) atoms. The molecule has 1 amide bonds. The van der Waals surface area contributed by atoms with E-state index >= 15 is 0 Å². The number of aromatic nitrogens is 1. The molecule has 4 rings (SSSR count). The smallest absolute Gasteiger partial charge is 0.244 e. The molecule has 0 bridgehead atoms. The topological polar surface area (TPSA) is 88.6 Å². The Labute approximate surface area is 196 Å². The van der Waals surface area contributed by atoms with Gasteiger partial charge in [0, 0.05) is 25.0 Å². The van der Waals surface area contributed by atoms with Crippen molar-refractivity contribution in [1.29, 1.82) is 0 Å². The number of halogens is 1. The molecule has 0 radical (unpaired) electrons. The van der Waals surface area contributed by atoms with Crippen LogP contribution < -0.4 is 5.32 Å². The first-order valence-corrected chi connectivity index (χ1v) is 12.6. The second-order valence-electron chi connectivity index (χ2n) is 7.25. The molecule has 0 unspecified atom stereocenters. The van der Waals surface area contributed by atoms with Crippen LogP contribution in [0.15, 0.2) is 82.8 Å². The van der Waals surface area contributed by atoms with Gasteiger partial charge in [-0.2, -0.15) is 4.31 Å². The van der Waals surface area contributed by atoms with Gasteiger partial charge in [0.25, 0.3) is 0 Å². The number of morpholine rings is 1. The number of nitrogens with zero attached hydrogens (tertiary/aromatic N) is 2. The summed E-state index contributed by atoms with van der Waals surface area (Å²) in [5, 5.41) is 2.65. The number of sulfonamides is 1. The molecular formula is C23H22FN3O4S2. The Balaban J connectivity index is 1.53. The molecule has 0 aliphatic carbocycles. The van der Waals surface area contributed by atoms with E-state index in [1.54, 1.807) is 6.07 Å². The van der Waals surface area contributed by atoms with Gasteiger partial charge in [-0.25, -0.2) is 17.8 Å². The number of ether oxygens (including phenoxy) is 1. The highest BCUT2D eigenvalue weighted by Crippen LogP contribution is 2.35. The van der Waals surface area contributed by atoms with E-state index in [9.17, 15) is 17.6 Å². The summed E-state index contributed by atoms with van der Waals surface area (Å²) in [6, 6.07) is 17.8. The lowest BCUT2D eigenvalue weighted by Crippen LogP contribution is -2.40. The fourth-order valence-corrected chi connectivity index (χ4v) is 5.60. The van der Waals surface area contributed by atoms with Crippen molar-refractivity contribution in [3.05, 3.63) is 84.3 Å². The lowest BCUT2D eigenvalue weighted by Gasteiger charge is -2.25. The maximum Gasteiger partial charge on any atom is 0.244 e. The van der Waals surface area contributed by atoms with Crippen molar-refractivity contribution in [3.63, 3.8) is 0 Å². The largest absolute Gasteiger partial charge is 0.379 e. The third kappa shape index (κ3) is 5.77. The molecule has 1 atom stereocenters. The van der Waals surface area contributed by atoms with Gasteiger partial charge in [-0.3, -0.25) is 4.79 Å². The van der Waals surface area contributed by atoms with Gasteiger partial charge in [0.2, 0.25) is 15.9 Å². The van der Waals surface area contributed by atoms with Gasteiger partial charge in [0.1, 0.15) is 16.0 Å². The second kappa shape index (κ2) is 10.4. The summed E-state index contributed by atoms with van der Waals surface area (Å²) in [5.74, 6) is -0.692. The summed E-state index contributed by atoms with van der Waals surface area (Å²) in [7, 11) is -3.65. The normalized spacial score (nSPS) is 15.7. The number of carbonyl (C=O) groups is 1. The molecule has 0 saturated carbocycles. The van der Waals surface area contributed by atoms with Gasteiger partial charge in [0.15, 0.2) is 0 Å². The lowest BCUT2D eigenvalue weighted by molar-refractivity contribution is -0.115. The third-order valence-electron chi connectivity index (χ3n) is 5.01. The highest BCUT2D eigenvalue weighted by atomic mass is 32.2. The predicted octanol–water partition coefficient (Wildman–Crippen LogP) is 3.71. The maximum atomic E-state index is 13.2. The van der Waals surface area contributed by atoms with Crippen molar-refractivity contribution in [2.75, 3.05) is 31.6 Å². The summed E-state index contributed by atoms with van der Waals surface area (Å²) in [6.07, 6.45) is 1.31. The number of amides is 1. The zero-order chi connectivity index (χ0) is 23.3. The van der Waals surface area contributed by atoms with Crippen LogP contribution in [0.2, 0.25) is 0 Å².